The summed E-state index contributed by atoms with van der Waals surface area (Å²) < 4.78 is 0. The zero-order valence-electron chi connectivity index (χ0n) is 13.5. The van der Waals surface area contributed by atoms with E-state index in [0.29, 0.717) is 5.41 Å². The summed E-state index contributed by atoms with van der Waals surface area (Å²) in [4.78, 5) is 10.4. The van der Waals surface area contributed by atoms with E-state index in [-0.39, 0.29) is 5.60 Å². The number of hydrogen-bond donors (Lipinski definition) is 0. The fourth-order valence-electron chi connectivity index (χ4n) is 1.74. The third kappa shape index (κ3) is 15.9. The molecule has 18 heavy (non-hydrogen) atoms. The molecule has 0 rings (SSSR count). The van der Waals surface area contributed by atoms with E-state index in [0.717, 1.165) is 13.0 Å². The number of hydrogen-bond acceptors (Lipinski definition) is 2. The van der Waals surface area contributed by atoms with Crippen LogP contribution in [0.2, 0.25) is 0 Å². The van der Waals surface area contributed by atoms with E-state index in [1.54, 1.807) is 0 Å². The first-order valence-corrected chi connectivity index (χ1v) is 7.51. The van der Waals surface area contributed by atoms with Crippen LogP contribution in [0.3, 0.4) is 0 Å². The Kier molecular flexibility index (Phi) is 8.89. The molecule has 0 unspecified atom stereocenters. The molecule has 0 bridgehead atoms. The van der Waals surface area contributed by atoms with E-state index in [1.807, 2.05) is 20.8 Å². The van der Waals surface area contributed by atoms with E-state index in [1.165, 1.54) is 38.5 Å². The van der Waals surface area contributed by atoms with E-state index < -0.39 is 0 Å². The van der Waals surface area contributed by atoms with Gasteiger partial charge in [0.05, 0.1) is 12.2 Å². The Morgan fingerprint density at radius 1 is 0.667 bits per heavy atom. The molecule has 0 N–H and O–H groups in total. The van der Waals surface area contributed by atoms with Gasteiger partial charge in [0.1, 0.15) is 0 Å². The topological polar surface area (TPSA) is 18.5 Å². The molecule has 0 fully saturated rings. The second-order valence-electron chi connectivity index (χ2n) is 7.45. The van der Waals surface area contributed by atoms with Gasteiger partial charge in [-0.1, -0.05) is 52.9 Å². The Morgan fingerprint density at radius 2 is 1.17 bits per heavy atom. The summed E-state index contributed by atoms with van der Waals surface area (Å²) in [7, 11) is 0. The molecule has 0 aliphatic heterocycles. The first kappa shape index (κ1) is 17.9. The van der Waals surface area contributed by atoms with Gasteiger partial charge in [-0.15, -0.1) is 0 Å². The molecular weight excluding hydrogens is 224 g/mol. The molecule has 0 saturated carbocycles. The summed E-state index contributed by atoms with van der Waals surface area (Å²) in [6, 6.07) is 0. The van der Waals surface area contributed by atoms with E-state index >= 15 is 0 Å². The molecule has 0 radical (unpaired) electrons. The summed E-state index contributed by atoms with van der Waals surface area (Å²) >= 11 is 0. The van der Waals surface area contributed by atoms with Crippen LogP contribution >= 0.6 is 0 Å². The molecule has 0 aromatic heterocycles. The van der Waals surface area contributed by atoms with Crippen molar-refractivity contribution < 1.29 is 9.78 Å². The SMILES string of the molecule is CC(C)(C)CCCCCCCCOOC(C)(C)C. The van der Waals surface area contributed by atoms with E-state index in [9.17, 15) is 0 Å². The molecule has 0 aromatic carbocycles. The molecular formula is C16H34O2. The van der Waals surface area contributed by atoms with Crippen molar-refractivity contribution in [2.75, 3.05) is 6.61 Å². The first-order chi connectivity index (χ1) is 8.21. The van der Waals surface area contributed by atoms with Gasteiger partial charge in [-0.05, 0) is 39.0 Å². The van der Waals surface area contributed by atoms with Crippen LogP contribution in [0.5, 0.6) is 0 Å². The Hall–Kier alpha value is -0.0800. The minimum atomic E-state index is -0.188. The van der Waals surface area contributed by atoms with Crippen LogP contribution in [-0.4, -0.2) is 12.2 Å². The van der Waals surface area contributed by atoms with Crippen molar-refractivity contribution in [3.63, 3.8) is 0 Å². The number of unbranched alkanes of at least 4 members (excludes halogenated alkanes) is 5. The van der Waals surface area contributed by atoms with Crippen LogP contribution in [-0.2, 0) is 9.78 Å². The quantitative estimate of drug-likeness (QED) is 0.308. The summed E-state index contributed by atoms with van der Waals surface area (Å²) in [5.74, 6) is 0. The Balaban J connectivity index is 3.13. The van der Waals surface area contributed by atoms with Gasteiger partial charge in [0.15, 0.2) is 0 Å². The summed E-state index contributed by atoms with van der Waals surface area (Å²) in [5, 5.41) is 0. The molecule has 110 valence electrons. The van der Waals surface area contributed by atoms with Gasteiger partial charge in [0.25, 0.3) is 0 Å². The summed E-state index contributed by atoms with van der Waals surface area (Å²) in [6.45, 7) is 13.7. The molecule has 0 saturated heterocycles. The van der Waals surface area contributed by atoms with Crippen LogP contribution in [0.4, 0.5) is 0 Å². The lowest BCUT2D eigenvalue weighted by atomic mass is 9.89. The van der Waals surface area contributed by atoms with Crippen LogP contribution in [0.1, 0.15) is 86.5 Å². The van der Waals surface area contributed by atoms with Gasteiger partial charge in [-0.3, -0.25) is 0 Å². The van der Waals surface area contributed by atoms with E-state index in [2.05, 4.69) is 20.8 Å². The van der Waals surface area contributed by atoms with Crippen molar-refractivity contribution in [2.45, 2.75) is 92.1 Å². The van der Waals surface area contributed by atoms with Crippen molar-refractivity contribution in [3.8, 4) is 0 Å². The molecule has 0 aliphatic rings. The average Bonchev–Trinajstić information content (AvgIpc) is 2.17. The van der Waals surface area contributed by atoms with Crippen molar-refractivity contribution >= 4 is 0 Å². The van der Waals surface area contributed by atoms with Gasteiger partial charge >= 0.3 is 0 Å². The predicted molar refractivity (Wildman–Crippen MR) is 78.6 cm³/mol. The summed E-state index contributed by atoms with van der Waals surface area (Å²) in [6.07, 6.45) is 9.12. The highest BCUT2D eigenvalue weighted by Crippen LogP contribution is 2.22. The Morgan fingerprint density at radius 3 is 1.67 bits per heavy atom. The fraction of sp³-hybridized carbons (Fsp3) is 1.00. The minimum Gasteiger partial charge on any atom is -0.236 e. The lowest BCUT2D eigenvalue weighted by Gasteiger charge is -2.17. The maximum absolute atomic E-state index is 5.21. The molecule has 2 nitrogen and oxygen atoms in total. The first-order valence-electron chi connectivity index (χ1n) is 7.51. The van der Waals surface area contributed by atoms with Gasteiger partial charge in [0.2, 0.25) is 0 Å². The third-order valence-electron chi connectivity index (χ3n) is 2.71. The molecule has 0 aliphatic carbocycles. The van der Waals surface area contributed by atoms with Crippen molar-refractivity contribution in [1.82, 2.24) is 0 Å². The second kappa shape index (κ2) is 8.92. The highest BCUT2D eigenvalue weighted by Gasteiger charge is 2.11. The summed E-state index contributed by atoms with van der Waals surface area (Å²) in [5.41, 5.74) is 0.311. The lowest BCUT2D eigenvalue weighted by Crippen LogP contribution is -2.19. The van der Waals surface area contributed by atoms with Gasteiger partial charge in [-0.2, -0.15) is 0 Å². The zero-order valence-corrected chi connectivity index (χ0v) is 13.5. The van der Waals surface area contributed by atoms with Crippen molar-refractivity contribution in [3.05, 3.63) is 0 Å². The van der Waals surface area contributed by atoms with Gasteiger partial charge in [-0.25, -0.2) is 9.78 Å². The molecule has 0 aromatic rings. The Labute approximate surface area is 114 Å². The van der Waals surface area contributed by atoms with Crippen LogP contribution in [0.15, 0.2) is 0 Å². The monoisotopic (exact) mass is 258 g/mol. The van der Waals surface area contributed by atoms with Crippen LogP contribution in [0.25, 0.3) is 0 Å². The highest BCUT2D eigenvalue weighted by atomic mass is 17.2. The third-order valence-corrected chi connectivity index (χ3v) is 2.71. The normalized spacial score (nSPS) is 13.0. The van der Waals surface area contributed by atoms with Crippen LogP contribution < -0.4 is 0 Å². The number of rotatable bonds is 9. The highest BCUT2D eigenvalue weighted by molar-refractivity contribution is 4.61. The molecule has 2 heteroatoms. The maximum Gasteiger partial charge on any atom is 0.0952 e. The second-order valence-corrected chi connectivity index (χ2v) is 7.45. The zero-order chi connectivity index (χ0) is 14.1. The van der Waals surface area contributed by atoms with Crippen molar-refractivity contribution in [1.29, 1.82) is 0 Å². The van der Waals surface area contributed by atoms with E-state index in [4.69, 9.17) is 9.78 Å². The van der Waals surface area contributed by atoms with Gasteiger partial charge in [0, 0.05) is 0 Å². The molecule has 0 heterocycles. The largest absolute Gasteiger partial charge is 0.236 e. The Bertz CT molecular complexity index is 164. The predicted octanol–water partition coefficient (Wildman–Crippen LogP) is 5.51. The standard InChI is InChI=1S/C16H34O2/c1-15(2,3)13-11-9-7-8-10-12-14-17-18-16(4,5)6/h7-14H2,1-6H3. The molecule has 0 amide bonds. The lowest BCUT2D eigenvalue weighted by molar-refractivity contribution is -0.348. The molecule has 0 spiro atoms. The average molecular weight is 258 g/mol. The van der Waals surface area contributed by atoms with Gasteiger partial charge < -0.3 is 0 Å². The van der Waals surface area contributed by atoms with Crippen molar-refractivity contribution in [2.24, 2.45) is 5.41 Å². The minimum absolute atomic E-state index is 0.188. The fourth-order valence-corrected chi connectivity index (χ4v) is 1.74. The maximum atomic E-state index is 5.21. The molecule has 0 atom stereocenters. The smallest absolute Gasteiger partial charge is 0.0952 e. The van der Waals surface area contributed by atoms with Crippen LogP contribution in [0, 0.1) is 5.41 Å².